The zero-order chi connectivity index (χ0) is 20.1. The molecule has 0 radical (unpaired) electrons. The molecule has 0 saturated heterocycles. The van der Waals surface area contributed by atoms with E-state index >= 15 is 0 Å². The van der Waals surface area contributed by atoms with Crippen LogP contribution in [0.5, 0.6) is 5.75 Å². The third kappa shape index (κ3) is 4.85. The number of nitrogens with one attached hydrogen (secondary N) is 2. The van der Waals surface area contributed by atoms with Crippen molar-refractivity contribution in [3.05, 3.63) is 53.1 Å². The number of methoxy groups -OCH3 is 1. The Morgan fingerprint density at radius 3 is 2.68 bits per heavy atom. The van der Waals surface area contributed by atoms with Crippen molar-refractivity contribution < 1.29 is 9.53 Å². The molecule has 0 unspecified atom stereocenters. The summed E-state index contributed by atoms with van der Waals surface area (Å²) >= 11 is 7.38. The number of rotatable bonds is 7. The van der Waals surface area contributed by atoms with Gasteiger partial charge in [-0.3, -0.25) is 9.89 Å². The predicted molar refractivity (Wildman–Crippen MR) is 113 cm³/mol. The molecule has 2 aromatic carbocycles. The van der Waals surface area contributed by atoms with Gasteiger partial charge in [-0.2, -0.15) is 0 Å². The molecule has 2 N–H and O–H groups in total. The summed E-state index contributed by atoms with van der Waals surface area (Å²) in [5, 5.41) is 10.6. The number of ether oxygens (including phenoxy) is 1. The Balaban J connectivity index is 1.62. The average molecular weight is 417 g/mol. The van der Waals surface area contributed by atoms with Crippen LogP contribution in [0, 0.1) is 0 Å². The van der Waals surface area contributed by atoms with Crippen molar-refractivity contribution in [3.8, 4) is 17.1 Å². The Labute approximate surface area is 173 Å². The van der Waals surface area contributed by atoms with E-state index in [0.717, 1.165) is 12.0 Å². The Morgan fingerprint density at radius 2 is 2.04 bits per heavy atom. The number of hydrogen-bond donors (Lipinski definition) is 2. The molecule has 1 aromatic heterocycles. The van der Waals surface area contributed by atoms with Crippen LogP contribution in [0.15, 0.2) is 47.6 Å². The Hall–Kier alpha value is -2.51. The summed E-state index contributed by atoms with van der Waals surface area (Å²) in [7, 11) is 1.54. The fourth-order valence-corrected chi connectivity index (χ4v) is 3.51. The first-order valence-electron chi connectivity index (χ1n) is 8.83. The second kappa shape index (κ2) is 9.12. The molecule has 0 saturated carbocycles. The highest BCUT2D eigenvalue weighted by molar-refractivity contribution is 8.00. The third-order valence-electron chi connectivity index (χ3n) is 4.17. The van der Waals surface area contributed by atoms with Gasteiger partial charge in [0.25, 0.3) is 0 Å². The first kappa shape index (κ1) is 20.2. The van der Waals surface area contributed by atoms with Gasteiger partial charge in [-0.05, 0) is 37.1 Å². The van der Waals surface area contributed by atoms with Gasteiger partial charge in [0, 0.05) is 11.3 Å². The van der Waals surface area contributed by atoms with Crippen LogP contribution in [0.4, 0.5) is 5.69 Å². The topological polar surface area (TPSA) is 79.9 Å². The minimum Gasteiger partial charge on any atom is -0.495 e. The number of hydrogen-bond acceptors (Lipinski definition) is 5. The fourth-order valence-electron chi connectivity index (χ4n) is 2.53. The molecule has 3 rings (SSSR count). The van der Waals surface area contributed by atoms with Crippen LogP contribution < -0.4 is 10.1 Å². The van der Waals surface area contributed by atoms with E-state index in [1.165, 1.54) is 17.3 Å². The van der Waals surface area contributed by atoms with E-state index in [9.17, 15) is 4.79 Å². The molecule has 0 bridgehead atoms. The summed E-state index contributed by atoms with van der Waals surface area (Å²) in [6.07, 6.45) is 0.990. The number of carbonyl (C=O) groups is 1. The van der Waals surface area contributed by atoms with Crippen LogP contribution in [0.25, 0.3) is 11.4 Å². The molecule has 1 amide bonds. The van der Waals surface area contributed by atoms with Crippen molar-refractivity contribution in [2.45, 2.75) is 30.7 Å². The first-order valence-corrected chi connectivity index (χ1v) is 10.1. The van der Waals surface area contributed by atoms with Gasteiger partial charge in [-0.25, -0.2) is 4.98 Å². The Kier molecular flexibility index (Phi) is 6.59. The third-order valence-corrected chi connectivity index (χ3v) is 5.43. The van der Waals surface area contributed by atoms with Gasteiger partial charge < -0.3 is 10.1 Å². The summed E-state index contributed by atoms with van der Waals surface area (Å²) in [4.78, 5) is 16.9. The highest BCUT2D eigenvalue weighted by atomic mass is 35.5. The lowest BCUT2D eigenvalue weighted by atomic mass is 10.1. The Morgan fingerprint density at radius 1 is 1.29 bits per heavy atom. The number of benzene rings is 2. The lowest BCUT2D eigenvalue weighted by Gasteiger charge is -2.11. The van der Waals surface area contributed by atoms with Gasteiger partial charge in [-0.1, -0.05) is 54.6 Å². The highest BCUT2D eigenvalue weighted by Crippen LogP contribution is 2.28. The van der Waals surface area contributed by atoms with E-state index in [4.69, 9.17) is 16.3 Å². The van der Waals surface area contributed by atoms with Gasteiger partial charge in [0.1, 0.15) is 5.75 Å². The van der Waals surface area contributed by atoms with Gasteiger partial charge in [-0.15, -0.1) is 5.10 Å². The van der Waals surface area contributed by atoms with E-state index in [0.29, 0.717) is 27.4 Å². The molecule has 146 valence electrons. The van der Waals surface area contributed by atoms with Crippen LogP contribution in [0.2, 0.25) is 5.02 Å². The van der Waals surface area contributed by atoms with Gasteiger partial charge in [0.15, 0.2) is 5.82 Å². The number of aryl methyl sites for hydroxylation is 1. The molecule has 1 heterocycles. The van der Waals surface area contributed by atoms with Crippen LogP contribution in [-0.4, -0.2) is 33.4 Å². The molecular weight excluding hydrogens is 396 g/mol. The summed E-state index contributed by atoms with van der Waals surface area (Å²) in [5.41, 5.74) is 2.83. The van der Waals surface area contributed by atoms with Crippen molar-refractivity contribution in [3.63, 3.8) is 0 Å². The maximum absolute atomic E-state index is 12.5. The van der Waals surface area contributed by atoms with Crippen molar-refractivity contribution in [1.29, 1.82) is 0 Å². The molecule has 0 aliphatic heterocycles. The molecule has 0 fully saturated rings. The number of anilines is 1. The van der Waals surface area contributed by atoms with Crippen molar-refractivity contribution in [2.24, 2.45) is 0 Å². The maximum atomic E-state index is 12.5. The van der Waals surface area contributed by atoms with Crippen molar-refractivity contribution in [2.75, 3.05) is 12.4 Å². The van der Waals surface area contributed by atoms with E-state index in [1.54, 1.807) is 32.2 Å². The summed E-state index contributed by atoms with van der Waals surface area (Å²) in [6, 6.07) is 13.3. The predicted octanol–water partition coefficient (Wildman–Crippen LogP) is 4.82. The first-order chi connectivity index (χ1) is 13.5. The molecule has 0 aliphatic carbocycles. The lowest BCUT2D eigenvalue weighted by molar-refractivity contribution is -0.115. The molecular formula is C20H21ClN4O2S. The molecule has 6 nitrogen and oxygen atoms in total. The SMILES string of the molecule is CCc1ccc(-c2nc(S[C@H](C)C(=O)Nc3ccc(OC)c(Cl)c3)n[nH]2)cc1. The van der Waals surface area contributed by atoms with E-state index in [2.05, 4.69) is 39.6 Å². The molecule has 0 spiro atoms. The number of carbonyl (C=O) groups excluding carboxylic acids is 1. The number of thioether (sulfide) groups is 1. The minimum absolute atomic E-state index is 0.162. The smallest absolute Gasteiger partial charge is 0.237 e. The standard InChI is InChI=1S/C20H21ClN4O2S/c1-4-13-5-7-14(8-6-13)18-23-20(25-24-18)28-12(2)19(26)22-15-9-10-17(27-3)16(21)11-15/h5-12H,4H2,1-3H3,(H,22,26)(H,23,24,25)/t12-/m1/s1. The summed E-state index contributed by atoms with van der Waals surface area (Å²) in [6.45, 7) is 3.92. The summed E-state index contributed by atoms with van der Waals surface area (Å²) in [5.74, 6) is 1.08. The van der Waals surface area contributed by atoms with E-state index in [-0.39, 0.29) is 11.2 Å². The summed E-state index contributed by atoms with van der Waals surface area (Å²) < 4.78 is 5.11. The highest BCUT2D eigenvalue weighted by Gasteiger charge is 2.18. The van der Waals surface area contributed by atoms with E-state index in [1.807, 2.05) is 12.1 Å². The van der Waals surface area contributed by atoms with Crippen LogP contribution in [0.3, 0.4) is 0 Å². The zero-order valence-corrected chi connectivity index (χ0v) is 17.4. The number of H-pyrrole nitrogens is 1. The zero-order valence-electron chi connectivity index (χ0n) is 15.8. The van der Waals surface area contributed by atoms with Gasteiger partial charge in [0.05, 0.1) is 17.4 Å². The number of aromatic amines is 1. The second-order valence-electron chi connectivity index (χ2n) is 6.12. The maximum Gasteiger partial charge on any atom is 0.237 e. The van der Waals surface area contributed by atoms with Crippen LogP contribution in [-0.2, 0) is 11.2 Å². The number of nitrogens with zero attached hydrogens (tertiary/aromatic N) is 2. The quantitative estimate of drug-likeness (QED) is 0.540. The molecule has 0 aliphatic rings. The molecule has 28 heavy (non-hydrogen) atoms. The second-order valence-corrected chi connectivity index (χ2v) is 7.83. The lowest BCUT2D eigenvalue weighted by Crippen LogP contribution is -2.22. The number of halogens is 1. The fraction of sp³-hybridized carbons (Fsp3) is 0.250. The normalized spacial score (nSPS) is 11.9. The average Bonchev–Trinajstić information content (AvgIpc) is 3.16. The van der Waals surface area contributed by atoms with Crippen molar-refractivity contribution >= 4 is 35.0 Å². The number of aromatic nitrogens is 3. The molecule has 3 aromatic rings. The van der Waals surface area contributed by atoms with Crippen LogP contribution in [0.1, 0.15) is 19.4 Å². The van der Waals surface area contributed by atoms with Crippen molar-refractivity contribution in [1.82, 2.24) is 15.2 Å². The molecule has 1 atom stereocenters. The molecule has 8 heteroatoms. The van der Waals surface area contributed by atoms with E-state index < -0.39 is 0 Å². The Bertz CT molecular complexity index is 959. The minimum atomic E-state index is -0.382. The van der Waals surface area contributed by atoms with Gasteiger partial charge in [0.2, 0.25) is 11.1 Å². The largest absolute Gasteiger partial charge is 0.495 e. The monoisotopic (exact) mass is 416 g/mol. The number of amides is 1. The van der Waals surface area contributed by atoms with Gasteiger partial charge >= 0.3 is 0 Å². The van der Waals surface area contributed by atoms with Crippen LogP contribution >= 0.6 is 23.4 Å².